The number of benzene rings is 2. The van der Waals surface area contributed by atoms with Crippen LogP contribution in [0.2, 0.25) is 0 Å². The number of sulfonamides is 1. The number of hydrogen-bond donors (Lipinski definition) is 2. The van der Waals surface area contributed by atoms with Crippen molar-refractivity contribution in [1.82, 2.24) is 4.98 Å². The van der Waals surface area contributed by atoms with Gasteiger partial charge in [-0.25, -0.2) is 13.4 Å². The van der Waals surface area contributed by atoms with E-state index in [-0.39, 0.29) is 4.90 Å². The molecule has 0 aliphatic heterocycles. The van der Waals surface area contributed by atoms with E-state index in [4.69, 9.17) is 5.73 Å². The second-order valence-electron chi connectivity index (χ2n) is 7.08. The maximum absolute atomic E-state index is 12.8. The summed E-state index contributed by atoms with van der Waals surface area (Å²) in [4.78, 5) is 4.47. The van der Waals surface area contributed by atoms with Crippen molar-refractivity contribution in [2.75, 3.05) is 10.5 Å². The average molecular weight is 442 g/mol. The highest BCUT2D eigenvalue weighted by Crippen LogP contribution is 2.26. The van der Waals surface area contributed by atoms with Crippen molar-refractivity contribution in [1.29, 1.82) is 0 Å². The minimum Gasteiger partial charge on any atom is -0.375 e. The van der Waals surface area contributed by atoms with Crippen LogP contribution in [-0.4, -0.2) is 13.4 Å². The van der Waals surface area contributed by atoms with Crippen LogP contribution in [0.3, 0.4) is 0 Å². The van der Waals surface area contributed by atoms with Crippen molar-refractivity contribution in [3.05, 3.63) is 65.6 Å². The molecule has 0 amide bonds. The highest BCUT2D eigenvalue weighted by Gasteiger charge is 2.14. The Hall–Kier alpha value is -2.64. The second kappa shape index (κ2) is 10.4. The van der Waals surface area contributed by atoms with Gasteiger partial charge < -0.3 is 5.73 Å². The van der Waals surface area contributed by atoms with Crippen LogP contribution in [0.25, 0.3) is 17.3 Å². The molecule has 3 rings (SSSR count). The fourth-order valence-electron chi connectivity index (χ4n) is 3.04. The van der Waals surface area contributed by atoms with E-state index in [1.165, 1.54) is 37.0 Å². The largest absolute Gasteiger partial charge is 0.375 e. The molecule has 0 spiro atoms. The number of nitrogen functional groups attached to an aromatic ring is 1. The Morgan fingerprint density at radius 2 is 1.90 bits per heavy atom. The minimum atomic E-state index is -3.68. The zero-order chi connectivity index (χ0) is 21.4. The van der Waals surface area contributed by atoms with Gasteiger partial charge in [-0.1, -0.05) is 62.6 Å². The molecule has 7 heteroatoms. The Balaban J connectivity index is 1.65. The van der Waals surface area contributed by atoms with Crippen molar-refractivity contribution in [3.63, 3.8) is 0 Å². The zero-order valence-electron chi connectivity index (χ0n) is 17.0. The Labute approximate surface area is 182 Å². The summed E-state index contributed by atoms with van der Waals surface area (Å²) < 4.78 is 28.2. The van der Waals surface area contributed by atoms with Crippen LogP contribution >= 0.6 is 11.3 Å². The summed E-state index contributed by atoms with van der Waals surface area (Å²) >= 11 is 1.35. The van der Waals surface area contributed by atoms with Gasteiger partial charge in [0.05, 0.1) is 10.6 Å². The molecule has 0 fully saturated rings. The lowest BCUT2D eigenvalue weighted by Crippen LogP contribution is -2.12. The number of allylic oxidation sites excluding steroid dienone is 1. The first kappa shape index (κ1) is 22.1. The maximum Gasteiger partial charge on any atom is 0.261 e. The third-order valence-corrected chi connectivity index (χ3v) is 6.73. The number of rotatable bonds is 10. The summed E-state index contributed by atoms with van der Waals surface area (Å²) in [6.07, 6.45) is 10.2. The van der Waals surface area contributed by atoms with Crippen molar-refractivity contribution in [2.24, 2.45) is 0 Å². The quantitative estimate of drug-likeness (QED) is 0.368. The van der Waals surface area contributed by atoms with E-state index in [0.29, 0.717) is 10.8 Å². The molecular formula is C23H27N3O2S2. The van der Waals surface area contributed by atoms with Crippen LogP contribution in [-0.2, 0) is 10.0 Å². The molecule has 3 N–H and O–H groups in total. The van der Waals surface area contributed by atoms with Crippen LogP contribution in [0.15, 0.2) is 64.9 Å². The minimum absolute atomic E-state index is 0.228. The molecule has 5 nitrogen and oxygen atoms in total. The Morgan fingerprint density at radius 1 is 1.10 bits per heavy atom. The monoisotopic (exact) mass is 441 g/mol. The van der Waals surface area contributed by atoms with Crippen molar-refractivity contribution >= 4 is 38.3 Å². The summed E-state index contributed by atoms with van der Waals surface area (Å²) in [5, 5.41) is 2.32. The molecular weight excluding hydrogens is 414 g/mol. The lowest BCUT2D eigenvalue weighted by atomic mass is 10.1. The first-order valence-electron chi connectivity index (χ1n) is 10.1. The van der Waals surface area contributed by atoms with Crippen molar-refractivity contribution < 1.29 is 8.42 Å². The van der Waals surface area contributed by atoms with Crippen LogP contribution in [0.1, 0.15) is 44.6 Å². The van der Waals surface area contributed by atoms with E-state index in [0.717, 1.165) is 23.2 Å². The van der Waals surface area contributed by atoms with Crippen molar-refractivity contribution in [3.8, 4) is 11.3 Å². The molecule has 0 bridgehead atoms. The summed E-state index contributed by atoms with van der Waals surface area (Å²) in [5.41, 5.74) is 8.70. The number of anilines is 2. The number of unbranched alkanes of at least 4 members (excludes halogenated alkanes) is 4. The van der Waals surface area contributed by atoms with Gasteiger partial charge in [-0.3, -0.25) is 4.72 Å². The number of nitrogens with zero attached hydrogens (tertiary/aromatic N) is 1. The molecule has 158 valence electrons. The molecule has 0 unspecified atom stereocenters. The topological polar surface area (TPSA) is 85.1 Å². The predicted octanol–water partition coefficient (Wildman–Crippen LogP) is 6.18. The van der Waals surface area contributed by atoms with Crippen LogP contribution in [0.5, 0.6) is 0 Å². The summed E-state index contributed by atoms with van der Waals surface area (Å²) in [5.74, 6) is 0. The molecule has 3 aromatic rings. The number of nitrogens with one attached hydrogen (secondary N) is 1. The summed E-state index contributed by atoms with van der Waals surface area (Å²) in [7, 11) is -3.68. The highest BCUT2D eigenvalue weighted by molar-refractivity contribution is 7.92. The van der Waals surface area contributed by atoms with Gasteiger partial charge in [0, 0.05) is 16.6 Å². The molecule has 0 saturated carbocycles. The van der Waals surface area contributed by atoms with Gasteiger partial charge in [0.1, 0.15) is 0 Å². The van der Waals surface area contributed by atoms with E-state index in [1.807, 2.05) is 29.7 Å². The van der Waals surface area contributed by atoms with Gasteiger partial charge in [-0.05, 0) is 42.7 Å². The number of hydrogen-bond acceptors (Lipinski definition) is 5. The Kier molecular flexibility index (Phi) is 7.65. The van der Waals surface area contributed by atoms with Crippen molar-refractivity contribution in [2.45, 2.75) is 43.9 Å². The number of aromatic nitrogens is 1. The molecule has 0 radical (unpaired) electrons. The molecule has 1 heterocycles. The Bertz CT molecular complexity index is 1090. The first-order valence-corrected chi connectivity index (χ1v) is 12.4. The van der Waals surface area contributed by atoms with Crippen LogP contribution in [0.4, 0.5) is 10.8 Å². The van der Waals surface area contributed by atoms with Gasteiger partial charge in [-0.2, -0.15) is 0 Å². The van der Waals surface area contributed by atoms with E-state index in [1.54, 1.807) is 30.3 Å². The highest BCUT2D eigenvalue weighted by atomic mass is 32.2. The third kappa shape index (κ3) is 6.18. The summed E-state index contributed by atoms with van der Waals surface area (Å²) in [6, 6.07) is 14.0. The van der Waals surface area contributed by atoms with Crippen LogP contribution in [0, 0.1) is 0 Å². The predicted molar refractivity (Wildman–Crippen MR) is 127 cm³/mol. The lowest BCUT2D eigenvalue weighted by molar-refractivity contribution is 0.601. The number of thiazole rings is 1. The SMILES string of the molecule is CCCCCCC=Cc1ccc(S(=O)(=O)Nc2cccc(-c3csc(N)n3)c2)cc1. The smallest absolute Gasteiger partial charge is 0.261 e. The molecule has 0 atom stereocenters. The molecule has 2 aromatic carbocycles. The maximum atomic E-state index is 12.8. The van der Waals surface area contributed by atoms with Gasteiger partial charge in [0.25, 0.3) is 10.0 Å². The van der Waals surface area contributed by atoms with Gasteiger partial charge in [0.2, 0.25) is 0 Å². The molecule has 0 aliphatic carbocycles. The Morgan fingerprint density at radius 3 is 2.60 bits per heavy atom. The second-order valence-corrected chi connectivity index (χ2v) is 9.65. The van der Waals surface area contributed by atoms with E-state index < -0.39 is 10.0 Å². The van der Waals surface area contributed by atoms with E-state index in [9.17, 15) is 8.42 Å². The fraction of sp³-hybridized carbons (Fsp3) is 0.261. The van der Waals surface area contributed by atoms with Gasteiger partial charge in [0.15, 0.2) is 5.13 Å². The summed E-state index contributed by atoms with van der Waals surface area (Å²) in [6.45, 7) is 2.20. The van der Waals surface area contributed by atoms with E-state index in [2.05, 4.69) is 22.7 Å². The fourth-order valence-corrected chi connectivity index (χ4v) is 4.66. The standard InChI is InChI=1S/C23H27N3O2S2/c1-2-3-4-5-6-7-9-18-12-14-21(15-13-18)30(27,28)26-20-11-8-10-19(16-20)22-17-29-23(24)25-22/h7-17,26H,2-6H2,1H3,(H2,24,25). The first-order chi connectivity index (χ1) is 14.5. The average Bonchev–Trinajstić information content (AvgIpc) is 3.17. The molecule has 0 saturated heterocycles. The van der Waals surface area contributed by atoms with E-state index >= 15 is 0 Å². The van der Waals surface area contributed by atoms with Crippen LogP contribution < -0.4 is 10.5 Å². The zero-order valence-corrected chi connectivity index (χ0v) is 18.7. The molecule has 30 heavy (non-hydrogen) atoms. The van der Waals surface area contributed by atoms with Gasteiger partial charge >= 0.3 is 0 Å². The lowest BCUT2D eigenvalue weighted by Gasteiger charge is -2.09. The molecule has 0 aliphatic rings. The third-order valence-electron chi connectivity index (χ3n) is 4.66. The van der Waals surface area contributed by atoms with Gasteiger partial charge in [-0.15, -0.1) is 11.3 Å². The normalized spacial score (nSPS) is 11.8. The number of nitrogens with two attached hydrogens (primary N) is 1. The molecule has 1 aromatic heterocycles.